The average molecular weight is 551 g/mol. The number of carbonyl (C=O) groups excluding carboxylic acids is 3. The van der Waals surface area contributed by atoms with Crippen LogP contribution in [-0.2, 0) is 22.4 Å². The van der Waals surface area contributed by atoms with Crippen LogP contribution < -0.4 is 15.0 Å². The van der Waals surface area contributed by atoms with Crippen molar-refractivity contribution in [2.45, 2.75) is 26.7 Å². The molecule has 6 nitrogen and oxygen atoms in total. The van der Waals surface area contributed by atoms with Crippen molar-refractivity contribution in [2.75, 3.05) is 11.5 Å². The van der Waals surface area contributed by atoms with E-state index < -0.39 is 17.8 Å². The third-order valence-electron chi connectivity index (χ3n) is 5.76. The van der Waals surface area contributed by atoms with E-state index in [1.165, 1.54) is 18.2 Å². The van der Waals surface area contributed by atoms with Gasteiger partial charge in [0.15, 0.2) is 0 Å². The minimum Gasteiger partial charge on any atom is -0.494 e. The van der Waals surface area contributed by atoms with Crippen LogP contribution in [0.3, 0.4) is 0 Å². The van der Waals surface area contributed by atoms with Crippen LogP contribution in [0.5, 0.6) is 5.75 Å². The lowest BCUT2D eigenvalue weighted by atomic mass is 10.0. The standard InChI is InChI=1S/C28H24BrFN2O4/c1-3-17-8-10-21(11-9-17)32-27(34)23(26(33)31-28(32)35)14-19-15-24(29)22(25(16-19)36-4-2)13-18-6-5-7-20(30)12-18/h5-12,14-16H,3-4,13H2,1-2H3,(H,31,33,35)/b23-14+. The Kier molecular flexibility index (Phi) is 7.64. The first-order valence-corrected chi connectivity index (χ1v) is 12.3. The zero-order valence-corrected chi connectivity index (χ0v) is 21.4. The van der Waals surface area contributed by atoms with Crippen LogP contribution in [0.25, 0.3) is 6.08 Å². The van der Waals surface area contributed by atoms with Gasteiger partial charge >= 0.3 is 6.03 Å². The molecule has 0 atom stereocenters. The quantitative estimate of drug-likeness (QED) is 0.297. The summed E-state index contributed by atoms with van der Waals surface area (Å²) < 4.78 is 20.2. The molecule has 36 heavy (non-hydrogen) atoms. The molecule has 1 saturated heterocycles. The molecule has 1 heterocycles. The molecule has 0 unspecified atom stereocenters. The monoisotopic (exact) mass is 550 g/mol. The fraction of sp³-hybridized carbons (Fsp3) is 0.179. The van der Waals surface area contributed by atoms with E-state index in [0.717, 1.165) is 28.0 Å². The van der Waals surface area contributed by atoms with Crippen LogP contribution in [0.15, 0.2) is 70.7 Å². The van der Waals surface area contributed by atoms with Gasteiger partial charge in [-0.25, -0.2) is 14.1 Å². The number of carbonyl (C=O) groups is 3. The summed E-state index contributed by atoms with van der Waals surface area (Å²) in [5, 5.41) is 2.24. The largest absolute Gasteiger partial charge is 0.494 e. The summed E-state index contributed by atoms with van der Waals surface area (Å²) in [7, 11) is 0. The van der Waals surface area contributed by atoms with E-state index in [4.69, 9.17) is 4.74 Å². The van der Waals surface area contributed by atoms with Gasteiger partial charge in [0, 0.05) is 16.5 Å². The molecule has 4 rings (SSSR count). The molecule has 1 N–H and O–H groups in total. The first-order chi connectivity index (χ1) is 17.3. The maximum absolute atomic E-state index is 13.7. The number of ether oxygens (including phenoxy) is 1. The highest BCUT2D eigenvalue weighted by Gasteiger charge is 2.36. The van der Waals surface area contributed by atoms with Crippen molar-refractivity contribution in [3.63, 3.8) is 0 Å². The van der Waals surface area contributed by atoms with Gasteiger partial charge in [0.1, 0.15) is 17.1 Å². The number of amides is 4. The predicted molar refractivity (Wildman–Crippen MR) is 139 cm³/mol. The van der Waals surface area contributed by atoms with Gasteiger partial charge in [-0.15, -0.1) is 0 Å². The van der Waals surface area contributed by atoms with E-state index in [-0.39, 0.29) is 11.4 Å². The highest BCUT2D eigenvalue weighted by Crippen LogP contribution is 2.33. The second-order valence-electron chi connectivity index (χ2n) is 8.20. The van der Waals surface area contributed by atoms with Crippen molar-refractivity contribution in [3.05, 3.63) is 98.8 Å². The number of urea groups is 1. The summed E-state index contributed by atoms with van der Waals surface area (Å²) in [5.41, 5.74) is 3.35. The van der Waals surface area contributed by atoms with E-state index >= 15 is 0 Å². The van der Waals surface area contributed by atoms with E-state index in [0.29, 0.717) is 34.5 Å². The first kappa shape index (κ1) is 25.3. The molecule has 3 aromatic carbocycles. The van der Waals surface area contributed by atoms with Crippen molar-refractivity contribution in [3.8, 4) is 5.75 Å². The number of hydrogen-bond donors (Lipinski definition) is 1. The molecule has 1 aliphatic rings. The molecule has 0 spiro atoms. The highest BCUT2D eigenvalue weighted by molar-refractivity contribution is 9.10. The Bertz CT molecular complexity index is 1370. The van der Waals surface area contributed by atoms with Crippen molar-refractivity contribution in [1.82, 2.24) is 5.32 Å². The number of aryl methyl sites for hydroxylation is 1. The average Bonchev–Trinajstić information content (AvgIpc) is 2.84. The summed E-state index contributed by atoms with van der Waals surface area (Å²) in [6, 6.07) is 16.0. The smallest absolute Gasteiger partial charge is 0.335 e. The van der Waals surface area contributed by atoms with Gasteiger partial charge in [0.2, 0.25) is 0 Å². The Balaban J connectivity index is 1.70. The third kappa shape index (κ3) is 5.39. The summed E-state index contributed by atoms with van der Waals surface area (Å²) in [6.07, 6.45) is 2.66. The van der Waals surface area contributed by atoms with E-state index in [1.807, 2.05) is 32.0 Å². The SMILES string of the molecule is CCOc1cc(/C=C2\C(=O)NC(=O)N(c3ccc(CC)cc3)C2=O)cc(Br)c1Cc1cccc(F)c1. The summed E-state index contributed by atoms with van der Waals surface area (Å²) in [5.74, 6) is -1.28. The summed E-state index contributed by atoms with van der Waals surface area (Å²) in [6.45, 7) is 4.24. The maximum atomic E-state index is 13.7. The molecule has 1 aliphatic heterocycles. The molecule has 184 valence electrons. The van der Waals surface area contributed by atoms with Crippen LogP contribution in [-0.4, -0.2) is 24.5 Å². The van der Waals surface area contributed by atoms with E-state index in [1.54, 1.807) is 30.3 Å². The van der Waals surface area contributed by atoms with Gasteiger partial charge < -0.3 is 4.74 Å². The number of imide groups is 2. The molecule has 4 amide bonds. The number of rotatable bonds is 7. The fourth-order valence-corrected chi connectivity index (χ4v) is 4.56. The normalized spacial score (nSPS) is 14.8. The van der Waals surface area contributed by atoms with Crippen molar-refractivity contribution < 1.29 is 23.5 Å². The van der Waals surface area contributed by atoms with Crippen molar-refractivity contribution >= 4 is 45.5 Å². The van der Waals surface area contributed by atoms with Gasteiger partial charge in [0.25, 0.3) is 11.8 Å². The van der Waals surface area contributed by atoms with Crippen molar-refractivity contribution in [1.29, 1.82) is 0 Å². The lowest BCUT2D eigenvalue weighted by molar-refractivity contribution is -0.122. The molecular weight excluding hydrogens is 527 g/mol. The Morgan fingerprint density at radius 1 is 1.00 bits per heavy atom. The molecular formula is C28H24BrFN2O4. The van der Waals surface area contributed by atoms with Gasteiger partial charge in [-0.05, 0) is 72.5 Å². The Morgan fingerprint density at radius 2 is 1.75 bits per heavy atom. The molecule has 0 aliphatic carbocycles. The zero-order valence-electron chi connectivity index (χ0n) is 19.8. The van der Waals surface area contributed by atoms with Gasteiger partial charge in [-0.2, -0.15) is 0 Å². The lowest BCUT2D eigenvalue weighted by Gasteiger charge is -2.26. The van der Waals surface area contributed by atoms with Crippen LogP contribution in [0, 0.1) is 5.82 Å². The first-order valence-electron chi connectivity index (χ1n) is 11.5. The molecule has 3 aromatic rings. The van der Waals surface area contributed by atoms with E-state index in [9.17, 15) is 18.8 Å². The number of hydrogen-bond acceptors (Lipinski definition) is 4. The fourth-order valence-electron chi connectivity index (χ4n) is 3.96. The Hall–Kier alpha value is -3.78. The molecule has 0 radical (unpaired) electrons. The number of nitrogens with one attached hydrogen (secondary N) is 1. The maximum Gasteiger partial charge on any atom is 0.335 e. The van der Waals surface area contributed by atoms with Crippen LogP contribution >= 0.6 is 15.9 Å². The molecule has 0 aromatic heterocycles. The Labute approximate surface area is 216 Å². The molecule has 0 saturated carbocycles. The van der Waals surface area contributed by atoms with Crippen LogP contribution in [0.2, 0.25) is 0 Å². The predicted octanol–water partition coefficient (Wildman–Crippen LogP) is 5.81. The van der Waals surface area contributed by atoms with Gasteiger partial charge in [-0.1, -0.05) is 47.1 Å². The molecule has 1 fully saturated rings. The number of nitrogens with zero attached hydrogens (tertiary/aromatic N) is 1. The van der Waals surface area contributed by atoms with Crippen LogP contribution in [0.1, 0.15) is 36.1 Å². The van der Waals surface area contributed by atoms with Crippen LogP contribution in [0.4, 0.5) is 14.9 Å². The lowest BCUT2D eigenvalue weighted by Crippen LogP contribution is -2.54. The Morgan fingerprint density at radius 3 is 2.42 bits per heavy atom. The number of anilines is 1. The second-order valence-corrected chi connectivity index (χ2v) is 9.05. The highest BCUT2D eigenvalue weighted by atomic mass is 79.9. The molecule has 0 bridgehead atoms. The van der Waals surface area contributed by atoms with E-state index in [2.05, 4.69) is 21.2 Å². The number of halogens is 2. The van der Waals surface area contributed by atoms with Gasteiger partial charge in [-0.3, -0.25) is 14.9 Å². The summed E-state index contributed by atoms with van der Waals surface area (Å²) >= 11 is 3.56. The topological polar surface area (TPSA) is 75.7 Å². The third-order valence-corrected chi connectivity index (χ3v) is 6.47. The zero-order chi connectivity index (χ0) is 25.8. The summed E-state index contributed by atoms with van der Waals surface area (Å²) in [4.78, 5) is 39.3. The van der Waals surface area contributed by atoms with Crippen molar-refractivity contribution in [2.24, 2.45) is 0 Å². The molecule has 8 heteroatoms. The minimum absolute atomic E-state index is 0.179. The van der Waals surface area contributed by atoms with Gasteiger partial charge in [0.05, 0.1) is 12.3 Å². The second kappa shape index (κ2) is 10.9. The number of barbiturate groups is 1. The number of benzene rings is 3. The minimum atomic E-state index is -0.798.